The lowest BCUT2D eigenvalue weighted by atomic mass is 10.1. The third-order valence-electron chi connectivity index (χ3n) is 4.73. The fourth-order valence-electron chi connectivity index (χ4n) is 3.19. The molecular weight excluding hydrogens is 376 g/mol. The number of ether oxygens (including phenoxy) is 1. The van der Waals surface area contributed by atoms with Crippen LogP contribution in [-0.2, 0) is 29.2 Å². The van der Waals surface area contributed by atoms with Crippen LogP contribution in [0.4, 0.5) is 0 Å². The molecule has 3 aromatic carbocycles. The molecule has 0 atom stereocenters. The number of hydrogen-bond acceptors (Lipinski definition) is 4. The van der Waals surface area contributed by atoms with E-state index in [0.717, 1.165) is 5.56 Å². The average molecular weight is 402 g/mol. The normalized spacial score (nSPS) is 10.6. The largest absolute Gasteiger partial charge is 0.465 e. The molecule has 30 heavy (non-hydrogen) atoms. The second-order valence-electron chi connectivity index (χ2n) is 7.08. The highest BCUT2D eigenvalue weighted by atomic mass is 16.5. The van der Waals surface area contributed by atoms with E-state index in [4.69, 9.17) is 4.74 Å². The van der Waals surface area contributed by atoms with Crippen molar-refractivity contribution in [1.29, 1.82) is 0 Å². The predicted octanol–water partition coefficient (Wildman–Crippen LogP) is 3.79. The first kappa shape index (κ1) is 21.3. The zero-order valence-electron chi connectivity index (χ0n) is 17.1. The fraction of sp³-hybridized carbons (Fsp3) is 0.200. The lowest BCUT2D eigenvalue weighted by molar-refractivity contribution is -0.122. The molecule has 0 unspecified atom stereocenters. The molecular formula is C25H26N2O3. The van der Waals surface area contributed by atoms with Gasteiger partial charge in [0.05, 0.1) is 19.2 Å². The van der Waals surface area contributed by atoms with Crippen LogP contribution in [0.2, 0.25) is 0 Å². The van der Waals surface area contributed by atoms with Gasteiger partial charge in [0.2, 0.25) is 5.91 Å². The minimum atomic E-state index is -0.372. The number of carbonyl (C=O) groups excluding carboxylic acids is 2. The summed E-state index contributed by atoms with van der Waals surface area (Å²) < 4.78 is 4.70. The summed E-state index contributed by atoms with van der Waals surface area (Å²) in [6, 6.07) is 27.3. The third kappa shape index (κ3) is 6.57. The Balaban J connectivity index is 1.58. The van der Waals surface area contributed by atoms with Crippen molar-refractivity contribution in [2.45, 2.75) is 19.6 Å². The molecule has 5 nitrogen and oxygen atoms in total. The Bertz CT molecular complexity index is 900. The molecule has 0 spiro atoms. The summed E-state index contributed by atoms with van der Waals surface area (Å²) in [5, 5.41) is 2.97. The van der Waals surface area contributed by atoms with E-state index >= 15 is 0 Å². The van der Waals surface area contributed by atoms with Gasteiger partial charge in [0.1, 0.15) is 0 Å². The molecule has 0 fully saturated rings. The molecule has 0 saturated heterocycles. The Kier molecular flexibility index (Phi) is 7.75. The van der Waals surface area contributed by atoms with Crippen LogP contribution in [0, 0.1) is 0 Å². The van der Waals surface area contributed by atoms with Crippen molar-refractivity contribution < 1.29 is 14.3 Å². The maximum atomic E-state index is 12.6. The van der Waals surface area contributed by atoms with Crippen molar-refractivity contribution >= 4 is 11.9 Å². The van der Waals surface area contributed by atoms with Gasteiger partial charge in [-0.25, -0.2) is 4.79 Å². The van der Waals surface area contributed by atoms with Crippen molar-refractivity contribution in [2.75, 3.05) is 13.7 Å². The first-order valence-electron chi connectivity index (χ1n) is 9.88. The number of benzene rings is 3. The Morgan fingerprint density at radius 1 is 0.767 bits per heavy atom. The predicted molar refractivity (Wildman–Crippen MR) is 117 cm³/mol. The number of carbonyl (C=O) groups is 2. The van der Waals surface area contributed by atoms with Gasteiger partial charge in [-0.15, -0.1) is 0 Å². The number of nitrogens with zero attached hydrogens (tertiary/aromatic N) is 1. The molecule has 3 rings (SSSR count). The van der Waals surface area contributed by atoms with Crippen molar-refractivity contribution in [3.05, 3.63) is 107 Å². The molecule has 3 aromatic rings. The molecule has 1 N–H and O–H groups in total. The topological polar surface area (TPSA) is 58.6 Å². The van der Waals surface area contributed by atoms with Gasteiger partial charge >= 0.3 is 5.97 Å². The summed E-state index contributed by atoms with van der Waals surface area (Å²) in [7, 11) is 1.35. The monoisotopic (exact) mass is 402 g/mol. The van der Waals surface area contributed by atoms with E-state index in [1.54, 1.807) is 12.1 Å². The van der Waals surface area contributed by atoms with Crippen LogP contribution in [0.25, 0.3) is 0 Å². The van der Waals surface area contributed by atoms with Crippen molar-refractivity contribution in [2.24, 2.45) is 0 Å². The van der Waals surface area contributed by atoms with Gasteiger partial charge in [-0.3, -0.25) is 9.69 Å². The van der Waals surface area contributed by atoms with E-state index in [1.807, 2.05) is 48.5 Å². The maximum absolute atomic E-state index is 12.6. The summed E-state index contributed by atoms with van der Waals surface area (Å²) in [6.07, 6.45) is 0. The second-order valence-corrected chi connectivity index (χ2v) is 7.08. The zero-order valence-corrected chi connectivity index (χ0v) is 17.1. The van der Waals surface area contributed by atoms with Crippen molar-refractivity contribution in [3.8, 4) is 0 Å². The highest BCUT2D eigenvalue weighted by Crippen LogP contribution is 2.10. The Morgan fingerprint density at radius 3 is 1.80 bits per heavy atom. The first-order chi connectivity index (χ1) is 14.6. The summed E-state index contributed by atoms with van der Waals surface area (Å²) in [6.45, 7) is 2.09. The van der Waals surface area contributed by atoms with Crippen molar-refractivity contribution in [3.63, 3.8) is 0 Å². The fourth-order valence-corrected chi connectivity index (χ4v) is 3.19. The quantitative estimate of drug-likeness (QED) is 0.553. The summed E-state index contributed by atoms with van der Waals surface area (Å²) in [5.74, 6) is -0.415. The minimum absolute atomic E-state index is 0.0427. The van der Waals surface area contributed by atoms with E-state index in [9.17, 15) is 9.59 Å². The molecule has 0 aromatic heterocycles. The minimum Gasteiger partial charge on any atom is -0.465 e. The SMILES string of the molecule is COC(=O)c1ccc(CNC(=O)CN(Cc2ccccc2)Cc2ccccc2)cc1. The van der Waals surface area contributed by atoms with Crippen LogP contribution < -0.4 is 5.32 Å². The summed E-state index contributed by atoms with van der Waals surface area (Å²) in [4.78, 5) is 26.2. The van der Waals surface area contributed by atoms with Gasteiger partial charge in [0.15, 0.2) is 0 Å². The van der Waals surface area contributed by atoms with Gasteiger partial charge in [-0.1, -0.05) is 72.8 Å². The molecule has 154 valence electrons. The van der Waals surface area contributed by atoms with Gasteiger partial charge in [-0.05, 0) is 28.8 Å². The Hall–Kier alpha value is -3.44. The summed E-state index contributed by atoms with van der Waals surface area (Å²) in [5.41, 5.74) is 3.75. The lowest BCUT2D eigenvalue weighted by Crippen LogP contribution is -2.36. The third-order valence-corrected chi connectivity index (χ3v) is 4.73. The molecule has 0 aliphatic carbocycles. The number of hydrogen-bond donors (Lipinski definition) is 1. The van der Waals surface area contributed by atoms with Crippen LogP contribution in [0.1, 0.15) is 27.0 Å². The van der Waals surface area contributed by atoms with E-state index in [0.29, 0.717) is 31.7 Å². The van der Waals surface area contributed by atoms with Gasteiger partial charge in [0.25, 0.3) is 0 Å². The number of nitrogens with one attached hydrogen (secondary N) is 1. The standard InChI is InChI=1S/C25H26N2O3/c1-30-25(29)23-14-12-20(13-15-23)16-26-24(28)19-27(17-21-8-4-2-5-9-21)18-22-10-6-3-7-11-22/h2-15H,16-19H2,1H3,(H,26,28). The lowest BCUT2D eigenvalue weighted by Gasteiger charge is -2.22. The Morgan fingerprint density at radius 2 is 1.30 bits per heavy atom. The zero-order chi connectivity index (χ0) is 21.2. The van der Waals surface area contributed by atoms with Crippen LogP contribution in [0.3, 0.4) is 0 Å². The number of rotatable bonds is 9. The first-order valence-corrected chi connectivity index (χ1v) is 9.88. The molecule has 0 aliphatic heterocycles. The van der Waals surface area contributed by atoms with E-state index < -0.39 is 0 Å². The molecule has 0 heterocycles. The average Bonchev–Trinajstić information content (AvgIpc) is 2.79. The molecule has 0 radical (unpaired) electrons. The highest BCUT2D eigenvalue weighted by molar-refractivity contribution is 5.89. The highest BCUT2D eigenvalue weighted by Gasteiger charge is 2.12. The number of amides is 1. The van der Waals surface area contributed by atoms with E-state index in [1.165, 1.54) is 18.2 Å². The van der Waals surface area contributed by atoms with Crippen LogP contribution in [0.15, 0.2) is 84.9 Å². The van der Waals surface area contributed by atoms with Crippen LogP contribution in [-0.4, -0.2) is 30.4 Å². The van der Waals surface area contributed by atoms with Gasteiger partial charge < -0.3 is 10.1 Å². The molecule has 0 bridgehead atoms. The second kappa shape index (κ2) is 10.9. The van der Waals surface area contributed by atoms with Crippen molar-refractivity contribution in [1.82, 2.24) is 10.2 Å². The van der Waals surface area contributed by atoms with E-state index in [2.05, 4.69) is 34.5 Å². The Labute approximate surface area is 177 Å². The van der Waals surface area contributed by atoms with E-state index in [-0.39, 0.29) is 11.9 Å². The van der Waals surface area contributed by atoms with Crippen LogP contribution in [0.5, 0.6) is 0 Å². The molecule has 1 amide bonds. The van der Waals surface area contributed by atoms with Crippen LogP contribution >= 0.6 is 0 Å². The maximum Gasteiger partial charge on any atom is 0.337 e. The molecule has 0 aliphatic rings. The molecule has 0 saturated carbocycles. The summed E-state index contributed by atoms with van der Waals surface area (Å²) >= 11 is 0. The molecule has 5 heteroatoms. The smallest absolute Gasteiger partial charge is 0.337 e. The van der Waals surface area contributed by atoms with Gasteiger partial charge in [0, 0.05) is 19.6 Å². The van der Waals surface area contributed by atoms with Gasteiger partial charge in [-0.2, -0.15) is 0 Å². The number of esters is 1. The number of methoxy groups -OCH3 is 1.